The molecule has 0 spiro atoms. The number of hydrogen-bond acceptors (Lipinski definition) is 4. The zero-order valence-corrected chi connectivity index (χ0v) is 29.2. The van der Waals surface area contributed by atoms with Gasteiger partial charge in [-0.2, -0.15) is 0 Å². The van der Waals surface area contributed by atoms with Gasteiger partial charge < -0.3 is 18.4 Å². The fourth-order valence-corrected chi connectivity index (χ4v) is 12.4. The molecule has 4 fully saturated rings. The molecule has 4 aliphatic carbocycles. The summed E-state index contributed by atoms with van der Waals surface area (Å²) < 4.78 is 19.9. The van der Waals surface area contributed by atoms with E-state index in [1.807, 2.05) is 0 Å². The molecule has 4 saturated carbocycles. The van der Waals surface area contributed by atoms with Gasteiger partial charge in [-0.1, -0.05) is 13.8 Å². The van der Waals surface area contributed by atoms with Crippen LogP contribution in [0.2, 0.25) is 58.9 Å². The van der Waals surface area contributed by atoms with Gasteiger partial charge in [0, 0.05) is 11.5 Å². The van der Waals surface area contributed by atoms with Gasteiger partial charge in [0.15, 0.2) is 25.0 Å². The molecule has 1 N–H and O–H groups in total. The molecule has 0 heterocycles. The third-order valence-electron chi connectivity index (χ3n) is 11.0. The van der Waals surface area contributed by atoms with Crippen LogP contribution in [0.5, 0.6) is 0 Å². The molecule has 4 nitrogen and oxygen atoms in total. The lowest BCUT2D eigenvalue weighted by atomic mass is 9.44. The van der Waals surface area contributed by atoms with Gasteiger partial charge >= 0.3 is 0 Å². The average Bonchev–Trinajstić information content (AvgIpc) is 3.01. The zero-order chi connectivity index (χ0) is 27.7. The fraction of sp³-hybridized carbons (Fsp3) is 1.00. The Bertz CT molecular complexity index is 817. The molecular formula is C30H60O4Si3. The van der Waals surface area contributed by atoms with Gasteiger partial charge in [-0.05, 0) is 146 Å². The molecular weight excluding hydrogens is 509 g/mol. The Morgan fingerprint density at radius 1 is 0.757 bits per heavy atom. The number of hydrogen-bond donors (Lipinski definition) is 1. The van der Waals surface area contributed by atoms with Crippen LogP contribution in [-0.2, 0) is 13.3 Å². The van der Waals surface area contributed by atoms with Crippen LogP contribution >= 0.6 is 0 Å². The molecule has 216 valence electrons. The van der Waals surface area contributed by atoms with Crippen LogP contribution in [0.3, 0.4) is 0 Å². The Balaban J connectivity index is 1.54. The quantitative estimate of drug-likeness (QED) is 0.301. The van der Waals surface area contributed by atoms with E-state index in [2.05, 4.69) is 72.8 Å². The number of fused-ring (bicyclic) bond motifs is 5. The van der Waals surface area contributed by atoms with Crippen molar-refractivity contribution in [1.29, 1.82) is 0 Å². The highest BCUT2D eigenvalue weighted by atomic mass is 28.4. The molecule has 4 aliphatic rings. The Kier molecular flexibility index (Phi) is 8.30. The molecule has 4 rings (SSSR count). The van der Waals surface area contributed by atoms with Crippen molar-refractivity contribution >= 4 is 25.0 Å². The van der Waals surface area contributed by atoms with Gasteiger partial charge in [0.2, 0.25) is 0 Å². The van der Waals surface area contributed by atoms with Crippen LogP contribution in [0.1, 0.15) is 71.6 Å². The lowest BCUT2D eigenvalue weighted by molar-refractivity contribution is -0.190. The Morgan fingerprint density at radius 2 is 1.41 bits per heavy atom. The molecule has 9 unspecified atom stereocenters. The largest absolute Gasteiger partial charge is 0.415 e. The first kappa shape index (κ1) is 30.4. The molecule has 7 heteroatoms. The molecule has 0 aromatic rings. The standard InChI is InChI=1S/C30H60O4Si3/c1-28-17-14-23(33-36(6,7)8)20-22(28)12-13-24-25(28)15-18-29(2)26(24)16-19-30(29,31)27(34-37(9,10)11)21-32-35(3,4)5/h22-27,31H,12-21H2,1-11H3. The Hall–Kier alpha value is 0.491. The first-order valence-corrected chi connectivity index (χ1v) is 25.7. The second-order valence-corrected chi connectivity index (χ2v) is 30.3. The van der Waals surface area contributed by atoms with Crippen molar-refractivity contribution < 1.29 is 18.4 Å². The third kappa shape index (κ3) is 6.08. The van der Waals surface area contributed by atoms with E-state index in [0.717, 1.165) is 37.0 Å². The van der Waals surface area contributed by atoms with Crippen LogP contribution in [0, 0.1) is 34.5 Å². The summed E-state index contributed by atoms with van der Waals surface area (Å²) in [5.74, 6) is 2.95. The molecule has 9 atom stereocenters. The van der Waals surface area contributed by atoms with Gasteiger partial charge in [0.25, 0.3) is 0 Å². The van der Waals surface area contributed by atoms with Crippen molar-refractivity contribution in [2.45, 2.75) is 148 Å². The Morgan fingerprint density at radius 3 is 2.00 bits per heavy atom. The summed E-state index contributed by atoms with van der Waals surface area (Å²) in [4.78, 5) is 0. The first-order valence-electron chi connectivity index (χ1n) is 15.5. The van der Waals surface area contributed by atoms with Crippen LogP contribution in [-0.4, -0.2) is 54.5 Å². The molecule has 0 radical (unpaired) electrons. The summed E-state index contributed by atoms with van der Waals surface area (Å²) in [6, 6.07) is 0. The SMILES string of the molecule is CC12CCC(O[Si](C)(C)C)CC1CCC1C2CCC2(C)C1CCC2(O)C(CO[Si](C)(C)C)O[Si](C)(C)C. The lowest BCUT2D eigenvalue weighted by Crippen LogP contribution is -2.62. The first-order chi connectivity index (χ1) is 16.8. The van der Waals surface area contributed by atoms with E-state index in [0.29, 0.717) is 24.0 Å². The van der Waals surface area contributed by atoms with Crippen LogP contribution in [0.4, 0.5) is 0 Å². The summed E-state index contributed by atoms with van der Waals surface area (Å²) in [5, 5.41) is 12.6. The van der Waals surface area contributed by atoms with Crippen LogP contribution < -0.4 is 0 Å². The summed E-state index contributed by atoms with van der Waals surface area (Å²) in [7, 11) is -5.05. The summed E-state index contributed by atoms with van der Waals surface area (Å²) >= 11 is 0. The van der Waals surface area contributed by atoms with Crippen LogP contribution in [0.25, 0.3) is 0 Å². The molecule has 0 aromatic carbocycles. The molecule has 0 aliphatic heterocycles. The summed E-state index contributed by atoms with van der Waals surface area (Å²) in [6.07, 6.45) is 11.2. The van der Waals surface area contributed by atoms with Gasteiger partial charge in [-0.25, -0.2) is 0 Å². The lowest BCUT2D eigenvalue weighted by Gasteiger charge is -2.62. The van der Waals surface area contributed by atoms with Gasteiger partial charge in [0.1, 0.15) is 0 Å². The number of aliphatic hydroxyl groups is 1. The summed E-state index contributed by atoms with van der Waals surface area (Å²) in [6.45, 7) is 26.2. The molecule has 37 heavy (non-hydrogen) atoms. The zero-order valence-electron chi connectivity index (χ0n) is 26.2. The minimum Gasteiger partial charge on any atom is -0.415 e. The van der Waals surface area contributed by atoms with Crippen LogP contribution in [0.15, 0.2) is 0 Å². The van der Waals surface area contributed by atoms with E-state index in [9.17, 15) is 5.11 Å². The minimum absolute atomic E-state index is 0.0807. The van der Waals surface area contributed by atoms with Gasteiger partial charge in [-0.15, -0.1) is 0 Å². The van der Waals surface area contributed by atoms with E-state index >= 15 is 0 Å². The van der Waals surface area contributed by atoms with Crippen molar-refractivity contribution in [1.82, 2.24) is 0 Å². The van der Waals surface area contributed by atoms with E-state index in [1.54, 1.807) is 0 Å². The highest BCUT2D eigenvalue weighted by Crippen LogP contribution is 2.69. The molecule has 0 aromatic heterocycles. The predicted molar refractivity (Wildman–Crippen MR) is 162 cm³/mol. The van der Waals surface area contributed by atoms with Gasteiger partial charge in [0.05, 0.1) is 18.3 Å². The molecule has 0 bridgehead atoms. The van der Waals surface area contributed by atoms with E-state index in [4.69, 9.17) is 13.3 Å². The normalized spacial score (nSPS) is 43.6. The topological polar surface area (TPSA) is 47.9 Å². The Labute approximate surface area is 232 Å². The van der Waals surface area contributed by atoms with E-state index in [-0.39, 0.29) is 11.5 Å². The van der Waals surface area contributed by atoms with Crippen molar-refractivity contribution in [3.63, 3.8) is 0 Å². The average molecular weight is 569 g/mol. The second-order valence-electron chi connectivity index (χ2n) is 16.8. The van der Waals surface area contributed by atoms with Crippen molar-refractivity contribution in [3.8, 4) is 0 Å². The predicted octanol–water partition coefficient (Wildman–Crippen LogP) is 8.05. The molecule has 0 saturated heterocycles. The van der Waals surface area contributed by atoms with E-state index < -0.39 is 30.6 Å². The highest BCUT2D eigenvalue weighted by Gasteiger charge is 2.67. The molecule has 0 amide bonds. The van der Waals surface area contributed by atoms with Crippen molar-refractivity contribution in [2.24, 2.45) is 34.5 Å². The number of rotatable bonds is 8. The highest BCUT2D eigenvalue weighted by molar-refractivity contribution is 6.70. The fourth-order valence-electron chi connectivity index (χ4n) is 9.43. The maximum atomic E-state index is 12.6. The maximum absolute atomic E-state index is 12.6. The smallest absolute Gasteiger partial charge is 0.184 e. The monoisotopic (exact) mass is 568 g/mol. The van der Waals surface area contributed by atoms with Gasteiger partial charge in [-0.3, -0.25) is 0 Å². The van der Waals surface area contributed by atoms with Crippen molar-refractivity contribution in [3.05, 3.63) is 0 Å². The summed E-state index contributed by atoms with van der Waals surface area (Å²) in [5.41, 5.74) is -0.425. The third-order valence-corrected chi connectivity index (χ3v) is 14.1. The second kappa shape index (κ2) is 10.1. The maximum Gasteiger partial charge on any atom is 0.184 e. The van der Waals surface area contributed by atoms with E-state index in [1.165, 1.54) is 38.5 Å². The minimum atomic E-state index is -1.85. The van der Waals surface area contributed by atoms with Crippen molar-refractivity contribution in [2.75, 3.05) is 6.61 Å².